The number of nitrogens with one attached hydrogen (secondary N) is 1. The third kappa shape index (κ3) is 10.1. The Balaban J connectivity index is 0.00000400. The number of nitrogens with two attached hydrogens (primary N) is 1. The van der Waals surface area contributed by atoms with E-state index in [1.807, 2.05) is 6.20 Å². The van der Waals surface area contributed by atoms with Gasteiger partial charge >= 0.3 is 0 Å². The second-order valence-electron chi connectivity index (χ2n) is 4.97. The predicted octanol–water partition coefficient (Wildman–Crippen LogP) is 4.09. The fraction of sp³-hybridized carbons (Fsp3) is 0.733. The molecule has 6 heteroatoms. The summed E-state index contributed by atoms with van der Waals surface area (Å²) in [7, 11) is 0. The molecule has 1 heterocycles. The quantitative estimate of drug-likeness (QED) is 0.257. The Bertz CT molecular complexity index is 393. The Labute approximate surface area is 150 Å². The van der Waals surface area contributed by atoms with Crippen molar-refractivity contribution in [1.82, 2.24) is 10.3 Å². The highest BCUT2D eigenvalue weighted by molar-refractivity contribution is 14.0. The average molecular weight is 424 g/mol. The van der Waals surface area contributed by atoms with E-state index in [-0.39, 0.29) is 24.0 Å². The zero-order chi connectivity index (χ0) is 14.6. The highest BCUT2D eigenvalue weighted by atomic mass is 127. The summed E-state index contributed by atoms with van der Waals surface area (Å²) in [5.74, 6) is 0.534. The van der Waals surface area contributed by atoms with Gasteiger partial charge in [0, 0.05) is 17.6 Å². The Hall–Kier alpha value is -0.370. The van der Waals surface area contributed by atoms with Crippen molar-refractivity contribution in [3.63, 3.8) is 0 Å². The summed E-state index contributed by atoms with van der Waals surface area (Å²) >= 11 is 1.71. The Morgan fingerprint density at radius 1 is 1.24 bits per heavy atom. The number of halogens is 1. The lowest BCUT2D eigenvalue weighted by molar-refractivity contribution is 0.601. The van der Waals surface area contributed by atoms with Crippen LogP contribution < -0.4 is 11.1 Å². The van der Waals surface area contributed by atoms with E-state index in [0.29, 0.717) is 12.5 Å². The zero-order valence-electron chi connectivity index (χ0n) is 13.2. The number of guanidine groups is 1. The van der Waals surface area contributed by atoms with E-state index in [4.69, 9.17) is 5.73 Å². The maximum absolute atomic E-state index is 5.84. The molecule has 0 aliphatic heterocycles. The summed E-state index contributed by atoms with van der Waals surface area (Å²) in [6, 6.07) is 0. The van der Waals surface area contributed by atoms with Gasteiger partial charge in [-0.05, 0) is 12.8 Å². The van der Waals surface area contributed by atoms with Crippen LogP contribution in [0.25, 0.3) is 0 Å². The number of rotatable bonds is 10. The van der Waals surface area contributed by atoms with Gasteiger partial charge in [-0.25, -0.2) is 9.98 Å². The van der Waals surface area contributed by atoms with Crippen LogP contribution in [-0.4, -0.2) is 17.5 Å². The first-order valence-corrected chi connectivity index (χ1v) is 8.55. The number of thiazole rings is 1. The second kappa shape index (κ2) is 13.3. The number of aliphatic imine (C=N–C) groups is 1. The number of aryl methyl sites for hydroxylation is 1. The van der Waals surface area contributed by atoms with Gasteiger partial charge in [-0.15, -0.1) is 35.3 Å². The normalized spacial score (nSPS) is 11.2. The molecule has 0 atom stereocenters. The maximum Gasteiger partial charge on any atom is 0.189 e. The van der Waals surface area contributed by atoms with Crippen molar-refractivity contribution in [3.8, 4) is 0 Å². The van der Waals surface area contributed by atoms with Crippen LogP contribution in [-0.2, 0) is 13.0 Å². The molecule has 0 radical (unpaired) electrons. The van der Waals surface area contributed by atoms with Crippen LogP contribution in [0.3, 0.4) is 0 Å². The first-order valence-electron chi connectivity index (χ1n) is 7.73. The van der Waals surface area contributed by atoms with Gasteiger partial charge in [-0.3, -0.25) is 0 Å². The molecule has 0 unspecified atom stereocenters. The predicted molar refractivity (Wildman–Crippen MR) is 104 cm³/mol. The van der Waals surface area contributed by atoms with Crippen molar-refractivity contribution in [2.75, 3.05) is 6.54 Å². The number of hydrogen-bond donors (Lipinski definition) is 2. The van der Waals surface area contributed by atoms with Crippen LogP contribution in [0.15, 0.2) is 11.2 Å². The second-order valence-corrected chi connectivity index (χ2v) is 6.17. The van der Waals surface area contributed by atoms with Gasteiger partial charge < -0.3 is 11.1 Å². The molecule has 0 saturated heterocycles. The summed E-state index contributed by atoms with van der Waals surface area (Å²) in [6.07, 6.45) is 10.7. The third-order valence-electron chi connectivity index (χ3n) is 3.17. The van der Waals surface area contributed by atoms with E-state index in [1.165, 1.54) is 37.0 Å². The number of unbranched alkanes of at least 4 members (excludes halogenated alkanes) is 5. The van der Waals surface area contributed by atoms with Crippen molar-refractivity contribution in [3.05, 3.63) is 16.1 Å². The summed E-state index contributed by atoms with van der Waals surface area (Å²) in [5, 5.41) is 4.20. The summed E-state index contributed by atoms with van der Waals surface area (Å²) in [4.78, 5) is 9.95. The van der Waals surface area contributed by atoms with Crippen LogP contribution in [0.5, 0.6) is 0 Å². The van der Waals surface area contributed by atoms with Gasteiger partial charge in [-0.2, -0.15) is 0 Å². The highest BCUT2D eigenvalue weighted by Crippen LogP contribution is 2.13. The van der Waals surface area contributed by atoms with Gasteiger partial charge in [0.2, 0.25) is 0 Å². The van der Waals surface area contributed by atoms with Crippen LogP contribution in [0.1, 0.15) is 62.3 Å². The molecule has 21 heavy (non-hydrogen) atoms. The lowest BCUT2D eigenvalue weighted by atomic mass is 10.1. The first-order chi connectivity index (χ1) is 9.76. The molecule has 0 saturated carbocycles. The van der Waals surface area contributed by atoms with Crippen molar-refractivity contribution in [2.24, 2.45) is 10.7 Å². The minimum atomic E-state index is 0. The van der Waals surface area contributed by atoms with E-state index < -0.39 is 0 Å². The Kier molecular flexibility index (Phi) is 13.1. The van der Waals surface area contributed by atoms with Gasteiger partial charge in [0.1, 0.15) is 5.01 Å². The molecule has 0 amide bonds. The van der Waals surface area contributed by atoms with Crippen LogP contribution in [0.2, 0.25) is 0 Å². The van der Waals surface area contributed by atoms with E-state index in [9.17, 15) is 0 Å². The molecule has 3 N–H and O–H groups in total. The molecule has 0 aliphatic rings. The van der Waals surface area contributed by atoms with E-state index in [1.54, 1.807) is 11.3 Å². The lowest BCUT2D eigenvalue weighted by Gasteiger charge is -2.05. The molecule has 0 aromatic carbocycles. The van der Waals surface area contributed by atoms with E-state index in [0.717, 1.165) is 24.4 Å². The molecule has 1 aromatic heterocycles. The van der Waals surface area contributed by atoms with Gasteiger partial charge in [-0.1, -0.05) is 46.0 Å². The smallest absolute Gasteiger partial charge is 0.189 e. The number of hydrogen-bond acceptors (Lipinski definition) is 3. The van der Waals surface area contributed by atoms with Crippen LogP contribution in [0.4, 0.5) is 0 Å². The highest BCUT2D eigenvalue weighted by Gasteiger charge is 1.99. The third-order valence-corrected chi connectivity index (χ3v) is 4.30. The largest absolute Gasteiger partial charge is 0.370 e. The minimum absolute atomic E-state index is 0. The zero-order valence-corrected chi connectivity index (χ0v) is 16.4. The Morgan fingerprint density at radius 2 is 1.95 bits per heavy atom. The Morgan fingerprint density at radius 3 is 2.62 bits per heavy atom. The molecule has 0 bridgehead atoms. The molecule has 0 spiro atoms. The summed E-state index contributed by atoms with van der Waals surface area (Å²) in [6.45, 7) is 5.88. The topological polar surface area (TPSA) is 63.3 Å². The molecular formula is C15H29IN4S. The van der Waals surface area contributed by atoms with Gasteiger partial charge in [0.05, 0.1) is 6.54 Å². The average Bonchev–Trinajstić information content (AvgIpc) is 2.92. The van der Waals surface area contributed by atoms with Gasteiger partial charge in [0.15, 0.2) is 5.96 Å². The standard InChI is InChI=1S/C15H28N4S.HI/c1-3-5-6-7-8-9-10-17-15(16)19-12-14-18-11-13(4-2)20-14;/h11H,3-10,12H2,1-2H3,(H3,16,17,19);1H. The van der Waals surface area contributed by atoms with Crippen LogP contribution in [0, 0.1) is 0 Å². The monoisotopic (exact) mass is 424 g/mol. The minimum Gasteiger partial charge on any atom is -0.370 e. The molecule has 1 rings (SSSR count). The number of nitrogens with zero attached hydrogens (tertiary/aromatic N) is 2. The van der Waals surface area contributed by atoms with Crippen molar-refractivity contribution >= 4 is 41.3 Å². The van der Waals surface area contributed by atoms with E-state index in [2.05, 4.69) is 29.1 Å². The molecule has 0 aliphatic carbocycles. The maximum atomic E-state index is 5.84. The molecule has 0 fully saturated rings. The SMILES string of the molecule is CCCCCCCCNC(N)=NCc1ncc(CC)s1.I. The van der Waals surface area contributed by atoms with Crippen molar-refractivity contribution in [1.29, 1.82) is 0 Å². The fourth-order valence-corrected chi connectivity index (χ4v) is 2.70. The molecule has 1 aromatic rings. The first kappa shape index (κ1) is 20.6. The fourth-order valence-electron chi connectivity index (χ4n) is 1.92. The van der Waals surface area contributed by atoms with Crippen LogP contribution >= 0.6 is 35.3 Å². The lowest BCUT2D eigenvalue weighted by Crippen LogP contribution is -2.32. The molecule has 4 nitrogen and oxygen atoms in total. The van der Waals surface area contributed by atoms with Gasteiger partial charge in [0.25, 0.3) is 0 Å². The molecule has 122 valence electrons. The number of aromatic nitrogens is 1. The summed E-state index contributed by atoms with van der Waals surface area (Å²) < 4.78 is 0. The van der Waals surface area contributed by atoms with Crippen molar-refractivity contribution in [2.45, 2.75) is 65.3 Å². The molecular weight excluding hydrogens is 395 g/mol. The van der Waals surface area contributed by atoms with Crippen molar-refractivity contribution < 1.29 is 0 Å². The van der Waals surface area contributed by atoms with E-state index >= 15 is 0 Å². The summed E-state index contributed by atoms with van der Waals surface area (Å²) in [5.41, 5.74) is 5.84.